The first-order valence-electron chi connectivity index (χ1n) is 13.4. The number of ether oxygens (including phenoxy) is 10. The van der Waals surface area contributed by atoms with Gasteiger partial charge in [0.15, 0.2) is 0 Å². The molecule has 0 heterocycles. The van der Waals surface area contributed by atoms with Gasteiger partial charge in [0.25, 0.3) is 0 Å². The van der Waals surface area contributed by atoms with Crippen molar-refractivity contribution in [3.63, 3.8) is 0 Å². The summed E-state index contributed by atoms with van der Waals surface area (Å²) in [6, 6.07) is 0. The molecule has 0 saturated heterocycles. The highest BCUT2D eigenvalue weighted by Crippen LogP contribution is 1.92. The van der Waals surface area contributed by atoms with Gasteiger partial charge >= 0.3 is 10.4 Å². The molecule has 244 valence electrons. The van der Waals surface area contributed by atoms with E-state index in [2.05, 4.69) is 13.8 Å². The number of aliphatic hydroxyl groups is 1. The Morgan fingerprint density at radius 2 is 0.600 bits per heavy atom. The molecular formula is C24H52O15S. The summed E-state index contributed by atoms with van der Waals surface area (Å²) < 4.78 is 85.4. The van der Waals surface area contributed by atoms with Crippen LogP contribution in [0.2, 0.25) is 0 Å². The molecule has 0 aromatic rings. The minimum absolute atomic E-state index is 0.0299. The molecule has 16 heteroatoms. The molecule has 0 fully saturated rings. The van der Waals surface area contributed by atoms with Crippen LogP contribution in [0.1, 0.15) is 13.8 Å². The lowest BCUT2D eigenvalue weighted by atomic mass is 10.2. The van der Waals surface area contributed by atoms with Gasteiger partial charge in [0.2, 0.25) is 0 Å². The summed E-state index contributed by atoms with van der Waals surface area (Å²) in [5.41, 5.74) is 0. The van der Waals surface area contributed by atoms with Crippen LogP contribution in [-0.4, -0.2) is 161 Å². The third-order valence-corrected chi connectivity index (χ3v) is 4.03. The fraction of sp³-hybridized carbons (Fsp3) is 1.00. The van der Waals surface area contributed by atoms with Gasteiger partial charge in [0, 0.05) is 6.61 Å². The molecule has 0 rings (SSSR count). The first-order valence-corrected chi connectivity index (χ1v) is 14.7. The lowest BCUT2D eigenvalue weighted by molar-refractivity contribution is -0.0271. The summed E-state index contributed by atoms with van der Waals surface area (Å²) in [5, 5.41) is 8.55. The predicted octanol–water partition coefficient (Wildman–Crippen LogP) is 0.148. The van der Waals surface area contributed by atoms with Gasteiger partial charge in [-0.05, 0) is 5.92 Å². The highest BCUT2D eigenvalue weighted by molar-refractivity contribution is 7.79. The van der Waals surface area contributed by atoms with Crippen LogP contribution >= 0.6 is 0 Å². The van der Waals surface area contributed by atoms with Crippen LogP contribution in [0.5, 0.6) is 0 Å². The van der Waals surface area contributed by atoms with E-state index in [0.717, 1.165) is 6.61 Å². The topological polar surface area (TPSA) is 187 Å². The second-order valence-electron chi connectivity index (χ2n) is 8.15. The second kappa shape index (κ2) is 34.6. The molecule has 0 saturated carbocycles. The predicted molar refractivity (Wildman–Crippen MR) is 144 cm³/mol. The molecule has 0 amide bonds. The quantitative estimate of drug-likeness (QED) is 0.0708. The van der Waals surface area contributed by atoms with E-state index in [9.17, 15) is 0 Å². The zero-order chi connectivity index (χ0) is 30.0. The summed E-state index contributed by atoms with van der Waals surface area (Å²) in [7, 11) is -4.67. The molecule has 3 N–H and O–H groups in total. The van der Waals surface area contributed by atoms with Gasteiger partial charge in [-0.25, -0.2) is 0 Å². The smallest absolute Gasteiger partial charge is 0.394 e. The van der Waals surface area contributed by atoms with Gasteiger partial charge in [-0.2, -0.15) is 8.42 Å². The highest BCUT2D eigenvalue weighted by Gasteiger charge is 1.96. The molecule has 0 radical (unpaired) electrons. The summed E-state index contributed by atoms with van der Waals surface area (Å²) >= 11 is 0. The molecule has 0 unspecified atom stereocenters. The van der Waals surface area contributed by atoms with Crippen molar-refractivity contribution in [3.8, 4) is 0 Å². The fourth-order valence-electron chi connectivity index (χ4n) is 2.36. The van der Waals surface area contributed by atoms with Crippen molar-refractivity contribution in [2.24, 2.45) is 5.92 Å². The van der Waals surface area contributed by atoms with Gasteiger partial charge in [-0.15, -0.1) is 0 Å². The van der Waals surface area contributed by atoms with E-state index in [0.29, 0.717) is 131 Å². The van der Waals surface area contributed by atoms with Crippen LogP contribution in [0.25, 0.3) is 0 Å². The number of hydrogen-bond acceptors (Lipinski definition) is 13. The Bertz CT molecular complexity index is 558. The molecule has 0 bridgehead atoms. The summed E-state index contributed by atoms with van der Waals surface area (Å²) in [6.07, 6.45) is 0. The number of rotatable bonds is 31. The van der Waals surface area contributed by atoms with Crippen LogP contribution in [0.4, 0.5) is 0 Å². The van der Waals surface area contributed by atoms with Crippen LogP contribution in [-0.2, 0) is 57.8 Å². The Kier molecular flexibility index (Phi) is 36.0. The molecular weight excluding hydrogens is 560 g/mol. The van der Waals surface area contributed by atoms with Crippen molar-refractivity contribution in [2.45, 2.75) is 13.8 Å². The zero-order valence-electron chi connectivity index (χ0n) is 24.1. The lowest BCUT2D eigenvalue weighted by Gasteiger charge is -2.09. The zero-order valence-corrected chi connectivity index (χ0v) is 24.9. The number of hydrogen-bond donors (Lipinski definition) is 3. The number of aliphatic hydroxyl groups excluding tert-OH is 1. The Morgan fingerprint density at radius 1 is 0.425 bits per heavy atom. The van der Waals surface area contributed by atoms with E-state index in [1.165, 1.54) is 0 Å². The maximum absolute atomic E-state index is 8.74. The van der Waals surface area contributed by atoms with Crippen LogP contribution < -0.4 is 0 Å². The lowest BCUT2D eigenvalue weighted by Crippen LogP contribution is -2.15. The van der Waals surface area contributed by atoms with E-state index in [4.69, 9.17) is 70.0 Å². The van der Waals surface area contributed by atoms with Gasteiger partial charge < -0.3 is 52.5 Å². The van der Waals surface area contributed by atoms with E-state index < -0.39 is 10.4 Å². The molecule has 0 aliphatic carbocycles. The Morgan fingerprint density at radius 3 is 0.775 bits per heavy atom. The third-order valence-electron chi connectivity index (χ3n) is 4.03. The van der Waals surface area contributed by atoms with E-state index in [1.54, 1.807) is 0 Å². The average molecular weight is 613 g/mol. The van der Waals surface area contributed by atoms with Crippen molar-refractivity contribution in [2.75, 3.05) is 139 Å². The van der Waals surface area contributed by atoms with Crippen LogP contribution in [0, 0.1) is 5.92 Å². The first kappa shape index (κ1) is 41.6. The minimum atomic E-state index is -4.67. The van der Waals surface area contributed by atoms with Gasteiger partial charge in [-0.3, -0.25) is 9.11 Å². The Balaban J connectivity index is 0. The molecule has 0 atom stereocenters. The van der Waals surface area contributed by atoms with Crippen molar-refractivity contribution in [1.82, 2.24) is 0 Å². The SMILES string of the molecule is CC(C)COCCOCCOCCOCCOCCOCCOCCOCCOCCOCCO.O=S(=O)(O)O. The molecule has 0 aliphatic heterocycles. The normalized spacial score (nSPS) is 11.7. The van der Waals surface area contributed by atoms with Gasteiger partial charge in [0.1, 0.15) is 0 Å². The van der Waals surface area contributed by atoms with Crippen molar-refractivity contribution >= 4 is 10.4 Å². The Labute approximate surface area is 239 Å². The van der Waals surface area contributed by atoms with Gasteiger partial charge in [0.05, 0.1) is 132 Å². The molecule has 0 spiro atoms. The second-order valence-corrected chi connectivity index (χ2v) is 9.05. The fourth-order valence-corrected chi connectivity index (χ4v) is 2.36. The monoisotopic (exact) mass is 612 g/mol. The maximum Gasteiger partial charge on any atom is 0.394 e. The van der Waals surface area contributed by atoms with Crippen molar-refractivity contribution < 1.29 is 70.0 Å². The summed E-state index contributed by atoms with van der Waals surface area (Å²) in [5.74, 6) is 0.549. The largest absolute Gasteiger partial charge is 0.394 e. The molecule has 15 nitrogen and oxygen atoms in total. The van der Waals surface area contributed by atoms with Gasteiger partial charge in [-0.1, -0.05) is 13.8 Å². The molecule has 40 heavy (non-hydrogen) atoms. The van der Waals surface area contributed by atoms with E-state index in [-0.39, 0.29) is 6.61 Å². The highest BCUT2D eigenvalue weighted by atomic mass is 32.3. The molecule has 0 aliphatic rings. The summed E-state index contributed by atoms with van der Waals surface area (Å²) in [4.78, 5) is 0. The van der Waals surface area contributed by atoms with Crippen molar-refractivity contribution in [3.05, 3.63) is 0 Å². The maximum atomic E-state index is 8.74. The Hall–Kier alpha value is -0.570. The van der Waals surface area contributed by atoms with Crippen LogP contribution in [0.15, 0.2) is 0 Å². The van der Waals surface area contributed by atoms with E-state index in [1.807, 2.05) is 0 Å². The molecule has 0 aromatic carbocycles. The van der Waals surface area contributed by atoms with Crippen molar-refractivity contribution in [1.29, 1.82) is 0 Å². The minimum Gasteiger partial charge on any atom is -0.394 e. The van der Waals surface area contributed by atoms with E-state index >= 15 is 0 Å². The standard InChI is InChI=1S/C24H50O11.H2O4S/c1-24(2)23-35-22-21-34-20-19-33-18-17-32-16-15-31-14-13-30-12-11-29-10-9-28-8-7-27-6-5-26-4-3-25;1-5(2,3)4/h24-25H,3-23H2,1-2H3;(H2,1,2,3,4). The third kappa shape index (κ3) is 50.3. The summed E-state index contributed by atoms with van der Waals surface area (Å²) in [6.45, 7) is 14.9. The van der Waals surface area contributed by atoms with Crippen LogP contribution in [0.3, 0.4) is 0 Å². The average Bonchev–Trinajstić information content (AvgIpc) is 2.88. The first-order chi connectivity index (χ1) is 19.3. The molecule has 0 aromatic heterocycles.